The lowest BCUT2D eigenvalue weighted by molar-refractivity contribution is -0.147. The minimum absolute atomic E-state index is 0.0601. The summed E-state index contributed by atoms with van der Waals surface area (Å²) in [6, 6.07) is 0. The summed E-state index contributed by atoms with van der Waals surface area (Å²) in [7, 11) is 0. The number of carbonyl (C=O) groups excluding carboxylic acids is 1. The fraction of sp³-hybridized carbons (Fsp3) is 0.818. The molecule has 0 amide bonds. The molecule has 0 bridgehead atoms. The molecule has 0 heterocycles. The molecule has 0 fully saturated rings. The van der Waals surface area contributed by atoms with Gasteiger partial charge in [-0.2, -0.15) is 0 Å². The largest absolute Gasteiger partial charge is 0.481 e. The molecule has 0 aromatic heterocycles. The number of ether oxygens (including phenoxy) is 1. The first-order valence-electron chi connectivity index (χ1n) is 5.26. The van der Waals surface area contributed by atoms with Crippen LogP contribution in [0.3, 0.4) is 0 Å². The van der Waals surface area contributed by atoms with Crippen molar-refractivity contribution in [2.24, 2.45) is 11.8 Å². The highest BCUT2D eigenvalue weighted by atomic mass is 16.5. The molecule has 90 valence electrons. The van der Waals surface area contributed by atoms with E-state index in [0.29, 0.717) is 6.61 Å². The Hall–Kier alpha value is -1.06. The number of hydrogen-bond acceptors (Lipinski definition) is 3. The van der Waals surface area contributed by atoms with E-state index in [-0.39, 0.29) is 17.8 Å². The maximum absolute atomic E-state index is 10.8. The summed E-state index contributed by atoms with van der Waals surface area (Å²) < 4.78 is 4.76. The van der Waals surface area contributed by atoms with Crippen LogP contribution >= 0.6 is 0 Å². The molecule has 1 N–H and O–H groups in total. The molecule has 4 heteroatoms. The molecule has 1 atom stereocenters. The van der Waals surface area contributed by atoms with Crippen LogP contribution in [-0.4, -0.2) is 23.7 Å². The van der Waals surface area contributed by atoms with Crippen molar-refractivity contribution >= 4 is 11.9 Å². The third-order valence-corrected chi connectivity index (χ3v) is 1.80. The zero-order chi connectivity index (χ0) is 12.4. The second-order valence-corrected chi connectivity index (χ2v) is 3.55. The predicted molar refractivity (Wildman–Crippen MR) is 58.6 cm³/mol. The predicted octanol–water partition coefficient (Wildman–Crippen LogP) is 2.32. The van der Waals surface area contributed by atoms with E-state index in [1.54, 1.807) is 13.8 Å². The molecule has 0 aromatic carbocycles. The van der Waals surface area contributed by atoms with Gasteiger partial charge in [0.05, 0.1) is 18.4 Å². The van der Waals surface area contributed by atoms with E-state index in [4.69, 9.17) is 9.84 Å². The van der Waals surface area contributed by atoms with Crippen molar-refractivity contribution in [3.63, 3.8) is 0 Å². The summed E-state index contributed by atoms with van der Waals surface area (Å²) in [4.78, 5) is 20.5. The summed E-state index contributed by atoms with van der Waals surface area (Å²) in [6.07, 6.45) is 0.860. The van der Waals surface area contributed by atoms with Crippen molar-refractivity contribution in [3.8, 4) is 0 Å². The Balaban J connectivity index is 0. The quantitative estimate of drug-likeness (QED) is 0.735. The summed E-state index contributed by atoms with van der Waals surface area (Å²) in [6.45, 7) is 9.44. The Morgan fingerprint density at radius 3 is 1.80 bits per heavy atom. The molecule has 0 aromatic rings. The van der Waals surface area contributed by atoms with Crippen LogP contribution in [0.4, 0.5) is 0 Å². The standard InChI is InChI=1S/C7H14O2.C4H8O2/c1-4-6(3)7(8)9-5-2;1-3(2)4(5)6/h6H,4-5H2,1-3H3;3H,1-2H3,(H,5,6). The Kier molecular flexibility index (Phi) is 10.4. The number of esters is 1. The molecule has 0 spiro atoms. The Bertz CT molecular complexity index is 187. The van der Waals surface area contributed by atoms with Crippen molar-refractivity contribution in [1.29, 1.82) is 0 Å². The molecular formula is C11H22O4. The third-order valence-electron chi connectivity index (χ3n) is 1.80. The van der Waals surface area contributed by atoms with Gasteiger partial charge in [0.15, 0.2) is 0 Å². The van der Waals surface area contributed by atoms with E-state index in [1.807, 2.05) is 20.8 Å². The van der Waals surface area contributed by atoms with Gasteiger partial charge in [0, 0.05) is 0 Å². The fourth-order valence-electron chi connectivity index (χ4n) is 0.451. The van der Waals surface area contributed by atoms with Crippen LogP contribution in [0.5, 0.6) is 0 Å². The monoisotopic (exact) mass is 218 g/mol. The molecule has 0 radical (unpaired) electrons. The second-order valence-electron chi connectivity index (χ2n) is 3.55. The van der Waals surface area contributed by atoms with E-state index in [0.717, 1.165) is 6.42 Å². The highest BCUT2D eigenvalue weighted by Gasteiger charge is 2.09. The Morgan fingerprint density at radius 2 is 1.60 bits per heavy atom. The number of rotatable bonds is 4. The van der Waals surface area contributed by atoms with Crippen molar-refractivity contribution in [2.45, 2.75) is 41.0 Å². The number of carbonyl (C=O) groups is 2. The highest BCUT2D eigenvalue weighted by Crippen LogP contribution is 2.01. The molecule has 1 unspecified atom stereocenters. The van der Waals surface area contributed by atoms with Crippen molar-refractivity contribution in [3.05, 3.63) is 0 Å². The van der Waals surface area contributed by atoms with Gasteiger partial charge < -0.3 is 9.84 Å². The Labute approximate surface area is 91.6 Å². The lowest BCUT2D eigenvalue weighted by Crippen LogP contribution is -2.13. The first kappa shape index (κ1) is 16.4. The maximum atomic E-state index is 10.8. The summed E-state index contributed by atoms with van der Waals surface area (Å²) in [5, 5.41) is 7.99. The average molecular weight is 218 g/mol. The van der Waals surface area contributed by atoms with Gasteiger partial charge in [0.2, 0.25) is 0 Å². The van der Waals surface area contributed by atoms with Gasteiger partial charge in [0.1, 0.15) is 0 Å². The van der Waals surface area contributed by atoms with Crippen LogP contribution in [0, 0.1) is 11.8 Å². The second kappa shape index (κ2) is 9.49. The molecule has 0 aliphatic rings. The lowest BCUT2D eigenvalue weighted by Gasteiger charge is -2.05. The molecule has 0 rings (SSSR count). The van der Waals surface area contributed by atoms with Gasteiger partial charge in [-0.05, 0) is 13.3 Å². The number of hydrogen-bond donors (Lipinski definition) is 1. The van der Waals surface area contributed by atoms with Crippen molar-refractivity contribution in [1.82, 2.24) is 0 Å². The van der Waals surface area contributed by atoms with Crippen LogP contribution in [-0.2, 0) is 14.3 Å². The number of carboxylic acids is 1. The summed E-state index contributed by atoms with van der Waals surface area (Å²) in [5.74, 6) is -0.995. The van der Waals surface area contributed by atoms with Gasteiger partial charge in [-0.3, -0.25) is 9.59 Å². The molecule has 0 saturated heterocycles. The van der Waals surface area contributed by atoms with Gasteiger partial charge in [-0.25, -0.2) is 0 Å². The minimum atomic E-state index is -0.741. The van der Waals surface area contributed by atoms with Crippen LogP contribution in [0.15, 0.2) is 0 Å². The molecule has 0 saturated carbocycles. The maximum Gasteiger partial charge on any atom is 0.308 e. The van der Waals surface area contributed by atoms with Gasteiger partial charge in [-0.15, -0.1) is 0 Å². The number of aliphatic carboxylic acids is 1. The van der Waals surface area contributed by atoms with Crippen molar-refractivity contribution in [2.75, 3.05) is 6.61 Å². The topological polar surface area (TPSA) is 63.6 Å². The van der Waals surface area contributed by atoms with Gasteiger partial charge in [-0.1, -0.05) is 27.7 Å². The fourth-order valence-corrected chi connectivity index (χ4v) is 0.451. The van der Waals surface area contributed by atoms with E-state index in [2.05, 4.69) is 0 Å². The van der Waals surface area contributed by atoms with E-state index < -0.39 is 5.97 Å². The third kappa shape index (κ3) is 10.9. The summed E-state index contributed by atoms with van der Waals surface area (Å²) in [5.41, 5.74) is 0. The van der Waals surface area contributed by atoms with E-state index >= 15 is 0 Å². The molecule has 0 aliphatic heterocycles. The first-order chi connectivity index (χ1) is 6.86. The molecule has 15 heavy (non-hydrogen) atoms. The van der Waals surface area contributed by atoms with Gasteiger partial charge >= 0.3 is 11.9 Å². The van der Waals surface area contributed by atoms with Crippen LogP contribution in [0.1, 0.15) is 41.0 Å². The van der Waals surface area contributed by atoms with E-state index in [1.165, 1.54) is 0 Å². The zero-order valence-corrected chi connectivity index (χ0v) is 10.2. The number of carboxylic acid groups (broad SMARTS) is 1. The smallest absolute Gasteiger partial charge is 0.308 e. The normalized spacial score (nSPS) is 11.3. The van der Waals surface area contributed by atoms with Crippen LogP contribution < -0.4 is 0 Å². The molecule has 0 aliphatic carbocycles. The van der Waals surface area contributed by atoms with E-state index in [9.17, 15) is 9.59 Å². The van der Waals surface area contributed by atoms with Gasteiger partial charge in [0.25, 0.3) is 0 Å². The van der Waals surface area contributed by atoms with Crippen LogP contribution in [0.2, 0.25) is 0 Å². The average Bonchev–Trinajstić information content (AvgIpc) is 2.17. The minimum Gasteiger partial charge on any atom is -0.481 e. The highest BCUT2D eigenvalue weighted by molar-refractivity contribution is 5.71. The van der Waals surface area contributed by atoms with Crippen molar-refractivity contribution < 1.29 is 19.4 Å². The Morgan fingerprint density at radius 1 is 1.20 bits per heavy atom. The SMILES string of the molecule is CC(C)C(=O)O.CCOC(=O)C(C)CC. The molecular weight excluding hydrogens is 196 g/mol. The first-order valence-corrected chi connectivity index (χ1v) is 5.26. The summed E-state index contributed by atoms with van der Waals surface area (Å²) >= 11 is 0. The lowest BCUT2D eigenvalue weighted by atomic mass is 10.1. The zero-order valence-electron chi connectivity index (χ0n) is 10.2. The molecule has 4 nitrogen and oxygen atoms in total. The van der Waals surface area contributed by atoms with Crippen LogP contribution in [0.25, 0.3) is 0 Å².